The third-order valence-corrected chi connectivity index (χ3v) is 14.4. The van der Waals surface area contributed by atoms with E-state index in [9.17, 15) is 0 Å². The van der Waals surface area contributed by atoms with Gasteiger partial charge in [0.05, 0.1) is 0 Å². The molecule has 0 atom stereocenters. The van der Waals surface area contributed by atoms with E-state index in [-0.39, 0.29) is 21.7 Å². The molecule has 0 aliphatic heterocycles. The van der Waals surface area contributed by atoms with Crippen LogP contribution in [0.4, 0.5) is 17.1 Å². The summed E-state index contributed by atoms with van der Waals surface area (Å²) in [6.07, 6.45) is 6.33. The number of nitrogens with zero attached hydrogens (tertiary/aromatic N) is 1. The van der Waals surface area contributed by atoms with Gasteiger partial charge in [0, 0.05) is 27.9 Å². The van der Waals surface area contributed by atoms with Crippen LogP contribution >= 0.6 is 0 Å². The van der Waals surface area contributed by atoms with Crippen molar-refractivity contribution >= 4 is 17.1 Å². The van der Waals surface area contributed by atoms with Crippen molar-refractivity contribution in [2.75, 3.05) is 4.90 Å². The van der Waals surface area contributed by atoms with E-state index >= 15 is 0 Å². The Balaban J connectivity index is 1.13. The summed E-state index contributed by atoms with van der Waals surface area (Å²) in [5.74, 6) is 0. The number of hydrogen-bond donors (Lipinski definition) is 0. The number of rotatable bonds is 5. The molecule has 0 aromatic heterocycles. The molecule has 0 amide bonds. The van der Waals surface area contributed by atoms with Crippen LogP contribution in [0.3, 0.4) is 0 Å². The van der Waals surface area contributed by atoms with E-state index in [0.717, 1.165) is 0 Å². The lowest BCUT2D eigenvalue weighted by Gasteiger charge is -2.37. The van der Waals surface area contributed by atoms with E-state index in [2.05, 4.69) is 212 Å². The first-order valence-corrected chi connectivity index (χ1v) is 22.4. The number of anilines is 3. The van der Waals surface area contributed by atoms with Crippen LogP contribution < -0.4 is 4.90 Å². The summed E-state index contributed by atoms with van der Waals surface area (Å²) in [5, 5.41) is 0. The maximum Gasteiger partial charge on any atom is 0.0467 e. The zero-order valence-corrected chi connectivity index (χ0v) is 36.9. The fourth-order valence-electron chi connectivity index (χ4n) is 11.2. The molecule has 0 radical (unpaired) electrons. The molecule has 1 fully saturated rings. The zero-order valence-electron chi connectivity index (χ0n) is 36.9. The third kappa shape index (κ3) is 6.10. The van der Waals surface area contributed by atoms with Gasteiger partial charge >= 0.3 is 0 Å². The first-order valence-electron chi connectivity index (χ1n) is 22.4. The van der Waals surface area contributed by atoms with E-state index in [1.807, 2.05) is 0 Å². The maximum absolute atomic E-state index is 2.57. The minimum Gasteiger partial charge on any atom is -0.310 e. The summed E-state index contributed by atoms with van der Waals surface area (Å²) in [7, 11) is 0. The molecule has 0 N–H and O–H groups in total. The molecule has 300 valence electrons. The van der Waals surface area contributed by atoms with Gasteiger partial charge in [-0.15, -0.1) is 0 Å². The van der Waals surface area contributed by atoms with Crippen LogP contribution in [-0.4, -0.2) is 0 Å². The Morgan fingerprint density at radius 1 is 0.400 bits per heavy atom. The molecular weight excluding hydrogens is 723 g/mol. The lowest BCUT2D eigenvalue weighted by molar-refractivity contribution is 0.353. The van der Waals surface area contributed by atoms with Gasteiger partial charge in [-0.05, 0) is 138 Å². The molecule has 1 heteroatoms. The number of benzene rings is 7. The highest BCUT2D eigenvalue weighted by molar-refractivity contribution is 5.93. The second kappa shape index (κ2) is 14.0. The average Bonchev–Trinajstić information content (AvgIpc) is 3.65. The van der Waals surface area contributed by atoms with Gasteiger partial charge in [0.2, 0.25) is 0 Å². The topological polar surface area (TPSA) is 3.24 Å². The van der Waals surface area contributed by atoms with Crippen molar-refractivity contribution in [1.29, 1.82) is 0 Å². The summed E-state index contributed by atoms with van der Waals surface area (Å²) in [6.45, 7) is 18.8. The molecule has 1 spiro atoms. The zero-order chi connectivity index (χ0) is 41.6. The summed E-state index contributed by atoms with van der Waals surface area (Å²) in [6, 6.07) is 58.3. The molecule has 10 rings (SSSR count). The fourth-order valence-corrected chi connectivity index (χ4v) is 11.2. The highest BCUT2D eigenvalue weighted by Gasteiger charge is 2.44. The Bertz CT molecular complexity index is 2740. The first-order chi connectivity index (χ1) is 28.8. The van der Waals surface area contributed by atoms with Crippen molar-refractivity contribution in [3.05, 3.63) is 185 Å². The predicted molar refractivity (Wildman–Crippen MR) is 256 cm³/mol. The molecule has 7 aromatic carbocycles. The van der Waals surface area contributed by atoms with Gasteiger partial charge in [0.1, 0.15) is 0 Å². The van der Waals surface area contributed by atoms with Gasteiger partial charge in [-0.25, -0.2) is 0 Å². The molecule has 3 aliphatic rings. The lowest BCUT2D eigenvalue weighted by atomic mass is 9.68. The number of hydrogen-bond acceptors (Lipinski definition) is 1. The van der Waals surface area contributed by atoms with E-state index in [1.54, 1.807) is 0 Å². The third-order valence-electron chi connectivity index (χ3n) is 14.4. The van der Waals surface area contributed by atoms with Crippen molar-refractivity contribution in [3.8, 4) is 44.5 Å². The molecule has 1 nitrogen and oxygen atoms in total. The van der Waals surface area contributed by atoms with E-state index in [1.165, 1.54) is 127 Å². The van der Waals surface area contributed by atoms with Crippen LogP contribution in [0, 0.1) is 0 Å². The van der Waals surface area contributed by atoms with Gasteiger partial charge in [-0.1, -0.05) is 190 Å². The second-order valence-electron chi connectivity index (χ2n) is 20.5. The average molecular weight is 782 g/mol. The molecule has 0 unspecified atom stereocenters. The van der Waals surface area contributed by atoms with Crippen molar-refractivity contribution < 1.29 is 0 Å². The molecule has 1 saturated carbocycles. The quantitative estimate of drug-likeness (QED) is 0.168. The van der Waals surface area contributed by atoms with Gasteiger partial charge < -0.3 is 4.90 Å². The van der Waals surface area contributed by atoms with Crippen molar-refractivity contribution in [3.63, 3.8) is 0 Å². The van der Waals surface area contributed by atoms with E-state index < -0.39 is 0 Å². The Kier molecular flexibility index (Phi) is 8.96. The standard InChI is InChI=1S/C59H59N/c1-56(2,3)40-35-41(57(4,5)6)37-44(36-40)60(43-31-32-49-47-21-13-15-26-53(47)59(54(49)38-43)33-16-9-17-34-59)42-29-27-39(28-30-42)45-19-10-11-20-46(45)50-23-18-24-51-48-22-12-14-25-52(48)58(7,8)55(50)51/h10-15,18-32,35-38H,9,16-17,33-34H2,1-8H3. The minimum absolute atomic E-state index is 0.00542. The summed E-state index contributed by atoms with van der Waals surface area (Å²) in [4.78, 5) is 2.55. The summed E-state index contributed by atoms with van der Waals surface area (Å²) in [5.41, 5.74) is 22.8. The fraction of sp³-hybridized carbons (Fsp3) is 0.288. The Morgan fingerprint density at radius 3 is 1.53 bits per heavy atom. The molecule has 60 heavy (non-hydrogen) atoms. The van der Waals surface area contributed by atoms with E-state index in [0.29, 0.717) is 0 Å². The van der Waals surface area contributed by atoms with Crippen molar-refractivity contribution in [1.82, 2.24) is 0 Å². The van der Waals surface area contributed by atoms with Crippen molar-refractivity contribution in [2.45, 2.75) is 109 Å². The van der Waals surface area contributed by atoms with Crippen LogP contribution in [0.15, 0.2) is 152 Å². The highest BCUT2D eigenvalue weighted by Crippen LogP contribution is 2.57. The monoisotopic (exact) mass is 781 g/mol. The Labute approximate surface area is 359 Å². The van der Waals surface area contributed by atoms with Crippen molar-refractivity contribution in [2.24, 2.45) is 0 Å². The van der Waals surface area contributed by atoms with Gasteiger partial charge in [-0.3, -0.25) is 0 Å². The SMILES string of the molecule is CC(C)(C)c1cc(N(c2ccc(-c3ccccc3-c3cccc4c3C(C)(C)c3ccccc3-4)cc2)c2ccc3c(c2)C2(CCCCC2)c2ccccc2-3)cc(C(C)(C)C)c1. The predicted octanol–water partition coefficient (Wildman–Crippen LogP) is 16.6. The van der Waals surface area contributed by atoms with Gasteiger partial charge in [-0.2, -0.15) is 0 Å². The smallest absolute Gasteiger partial charge is 0.0467 e. The van der Waals surface area contributed by atoms with Crippen LogP contribution in [0.5, 0.6) is 0 Å². The van der Waals surface area contributed by atoms with Crippen LogP contribution in [0.1, 0.15) is 121 Å². The van der Waals surface area contributed by atoms with Crippen LogP contribution in [-0.2, 0) is 21.7 Å². The second-order valence-corrected chi connectivity index (χ2v) is 20.5. The molecule has 0 saturated heterocycles. The highest BCUT2D eigenvalue weighted by atomic mass is 15.1. The first kappa shape index (κ1) is 38.5. The molecule has 0 heterocycles. The lowest BCUT2D eigenvalue weighted by Crippen LogP contribution is -2.28. The maximum atomic E-state index is 2.57. The minimum atomic E-state index is -0.0963. The van der Waals surface area contributed by atoms with Crippen LogP contribution in [0.2, 0.25) is 0 Å². The van der Waals surface area contributed by atoms with Gasteiger partial charge in [0.25, 0.3) is 0 Å². The van der Waals surface area contributed by atoms with Gasteiger partial charge in [0.15, 0.2) is 0 Å². The van der Waals surface area contributed by atoms with Crippen LogP contribution in [0.25, 0.3) is 44.5 Å². The molecule has 0 bridgehead atoms. The summed E-state index contributed by atoms with van der Waals surface area (Å²) >= 11 is 0. The largest absolute Gasteiger partial charge is 0.310 e. The Hall–Kier alpha value is -5.66. The molecule has 3 aliphatic carbocycles. The summed E-state index contributed by atoms with van der Waals surface area (Å²) < 4.78 is 0. The normalized spacial score (nSPS) is 15.9. The van der Waals surface area contributed by atoms with E-state index in [4.69, 9.17) is 0 Å². The number of fused-ring (bicyclic) bond motifs is 8. The molecular formula is C59H59N. The Morgan fingerprint density at radius 2 is 0.900 bits per heavy atom. The molecule has 7 aromatic rings.